The van der Waals surface area contributed by atoms with Gasteiger partial charge in [0.2, 0.25) is 5.12 Å². The zero-order valence-corrected chi connectivity index (χ0v) is 17.9. The molecule has 0 fully saturated rings. The summed E-state index contributed by atoms with van der Waals surface area (Å²) in [6.45, 7) is 1.48. The number of carbonyl (C=O) groups is 4. The molecule has 0 aliphatic carbocycles. The molecule has 0 aromatic heterocycles. The first kappa shape index (κ1) is 22.3. The van der Waals surface area contributed by atoms with Gasteiger partial charge < -0.3 is 9.84 Å². The largest absolute Gasteiger partial charge is 0.478 e. The number of thioether (sulfide) groups is 2. The Morgan fingerprint density at radius 1 is 0.677 bits per heavy atom. The maximum absolute atomic E-state index is 12.4. The highest BCUT2D eigenvalue weighted by atomic mass is 32.2. The summed E-state index contributed by atoms with van der Waals surface area (Å²) in [5.74, 6) is -1.43. The Morgan fingerprint density at radius 2 is 1.16 bits per heavy atom. The Kier molecular flexibility index (Phi) is 7.28. The van der Waals surface area contributed by atoms with Gasteiger partial charge in [-0.25, -0.2) is 9.59 Å². The summed E-state index contributed by atoms with van der Waals surface area (Å²) < 4.78 is 5.23. The first-order valence-electron chi connectivity index (χ1n) is 8.98. The fourth-order valence-corrected chi connectivity index (χ4v) is 3.83. The average Bonchev–Trinajstić information content (AvgIpc) is 2.74. The van der Waals surface area contributed by atoms with E-state index in [0.29, 0.717) is 16.0 Å². The molecule has 0 spiro atoms. The average molecular weight is 453 g/mol. The van der Waals surface area contributed by atoms with Crippen LogP contribution in [0.3, 0.4) is 0 Å². The van der Waals surface area contributed by atoms with Crippen LogP contribution in [0.5, 0.6) is 5.75 Å². The number of hydrogen-bond acceptors (Lipinski definition) is 7. The van der Waals surface area contributed by atoms with E-state index in [1.54, 1.807) is 48.5 Å². The van der Waals surface area contributed by atoms with Crippen LogP contribution < -0.4 is 4.74 Å². The summed E-state index contributed by atoms with van der Waals surface area (Å²) in [5, 5.41) is 8.71. The summed E-state index contributed by atoms with van der Waals surface area (Å²) in [7, 11) is 0. The minimum Gasteiger partial charge on any atom is -0.478 e. The van der Waals surface area contributed by atoms with Crippen molar-refractivity contribution in [1.29, 1.82) is 0 Å². The molecule has 0 saturated carbocycles. The normalized spacial score (nSPS) is 10.4. The first-order valence-corrected chi connectivity index (χ1v) is 10.6. The second kappa shape index (κ2) is 10.1. The number of esters is 1. The van der Waals surface area contributed by atoms with Gasteiger partial charge in [0.15, 0.2) is 5.12 Å². The number of rotatable bonds is 6. The molecule has 0 atom stereocenters. The highest BCUT2D eigenvalue weighted by Crippen LogP contribution is 2.26. The SMILES string of the molecule is CC(=O)Sc1ccc(C(=O)Sc2ccc(C(=O)Oc3ccc(C(=O)O)cc3)cc2)cc1. The van der Waals surface area contributed by atoms with E-state index in [1.807, 2.05) is 0 Å². The van der Waals surface area contributed by atoms with Gasteiger partial charge in [-0.1, -0.05) is 11.8 Å². The van der Waals surface area contributed by atoms with Crippen LogP contribution in [0.2, 0.25) is 0 Å². The van der Waals surface area contributed by atoms with Crippen LogP contribution in [0.4, 0.5) is 0 Å². The molecule has 0 saturated heterocycles. The van der Waals surface area contributed by atoms with Gasteiger partial charge in [-0.15, -0.1) is 0 Å². The third-order valence-corrected chi connectivity index (χ3v) is 5.69. The van der Waals surface area contributed by atoms with E-state index in [9.17, 15) is 19.2 Å². The minimum atomic E-state index is -1.06. The molecule has 0 heterocycles. The lowest BCUT2D eigenvalue weighted by atomic mass is 10.2. The highest BCUT2D eigenvalue weighted by molar-refractivity contribution is 8.14. The molecular weight excluding hydrogens is 436 g/mol. The van der Waals surface area contributed by atoms with Gasteiger partial charge in [-0.2, -0.15) is 0 Å². The molecule has 8 heteroatoms. The topological polar surface area (TPSA) is 97.7 Å². The molecule has 1 N–H and O–H groups in total. The summed E-state index contributed by atoms with van der Waals surface area (Å²) in [6, 6.07) is 18.7. The van der Waals surface area contributed by atoms with Crippen molar-refractivity contribution in [2.24, 2.45) is 0 Å². The van der Waals surface area contributed by atoms with Gasteiger partial charge in [0.1, 0.15) is 5.75 Å². The lowest BCUT2D eigenvalue weighted by Gasteiger charge is -2.06. The molecule has 31 heavy (non-hydrogen) atoms. The Bertz CT molecular complexity index is 1120. The number of benzene rings is 3. The van der Waals surface area contributed by atoms with Crippen LogP contribution in [0, 0.1) is 0 Å². The van der Waals surface area contributed by atoms with E-state index in [2.05, 4.69) is 0 Å². The van der Waals surface area contributed by atoms with E-state index >= 15 is 0 Å². The Labute approximate surface area is 186 Å². The van der Waals surface area contributed by atoms with Crippen LogP contribution in [-0.4, -0.2) is 27.3 Å². The molecule has 0 bridgehead atoms. The molecular formula is C23H16O6S2. The lowest BCUT2D eigenvalue weighted by molar-refractivity contribution is -0.109. The second-order valence-corrected chi connectivity index (χ2v) is 8.55. The first-order chi connectivity index (χ1) is 14.8. The van der Waals surface area contributed by atoms with Crippen LogP contribution in [0.25, 0.3) is 0 Å². The lowest BCUT2D eigenvalue weighted by Crippen LogP contribution is -2.08. The van der Waals surface area contributed by atoms with E-state index in [1.165, 1.54) is 31.2 Å². The highest BCUT2D eigenvalue weighted by Gasteiger charge is 2.12. The molecule has 0 aliphatic heterocycles. The van der Waals surface area contributed by atoms with Gasteiger partial charge in [0.05, 0.1) is 11.1 Å². The van der Waals surface area contributed by atoms with Crippen molar-refractivity contribution in [3.8, 4) is 5.75 Å². The van der Waals surface area contributed by atoms with Crippen molar-refractivity contribution in [2.45, 2.75) is 16.7 Å². The van der Waals surface area contributed by atoms with Crippen molar-refractivity contribution in [2.75, 3.05) is 0 Å². The smallest absolute Gasteiger partial charge is 0.343 e. The number of aromatic carboxylic acids is 1. The second-order valence-electron chi connectivity index (χ2n) is 6.25. The van der Waals surface area contributed by atoms with E-state index < -0.39 is 11.9 Å². The maximum Gasteiger partial charge on any atom is 0.343 e. The molecule has 0 aliphatic rings. The standard InChI is InChI=1S/C23H16O6S2/c1-14(24)30-19-12-6-17(7-13-19)23(28)31-20-10-4-16(5-11-20)22(27)29-18-8-2-15(3-9-18)21(25)26/h2-13H,1H3,(H,25,26). The van der Waals surface area contributed by atoms with Gasteiger partial charge in [0, 0.05) is 22.3 Å². The zero-order valence-electron chi connectivity index (χ0n) is 16.2. The third kappa shape index (κ3) is 6.31. The number of carbonyl (C=O) groups excluding carboxylic acids is 3. The van der Waals surface area contributed by atoms with E-state index in [-0.39, 0.29) is 21.5 Å². The van der Waals surface area contributed by atoms with Crippen molar-refractivity contribution < 1.29 is 29.0 Å². The van der Waals surface area contributed by atoms with E-state index in [4.69, 9.17) is 9.84 Å². The molecule has 3 aromatic carbocycles. The van der Waals surface area contributed by atoms with Gasteiger partial charge >= 0.3 is 11.9 Å². The van der Waals surface area contributed by atoms with Crippen LogP contribution >= 0.6 is 23.5 Å². The quantitative estimate of drug-likeness (QED) is 0.311. The number of carboxylic acids is 1. The fraction of sp³-hybridized carbons (Fsp3) is 0.0435. The van der Waals surface area contributed by atoms with Crippen molar-refractivity contribution in [1.82, 2.24) is 0 Å². The van der Waals surface area contributed by atoms with Gasteiger partial charge in [-0.3, -0.25) is 9.59 Å². The zero-order chi connectivity index (χ0) is 22.4. The summed E-state index contributed by atoms with van der Waals surface area (Å²) >= 11 is 2.13. The predicted molar refractivity (Wildman–Crippen MR) is 118 cm³/mol. The van der Waals surface area contributed by atoms with Crippen molar-refractivity contribution >= 4 is 45.7 Å². The van der Waals surface area contributed by atoms with Gasteiger partial charge in [0.25, 0.3) is 0 Å². The Balaban J connectivity index is 1.60. The van der Waals surface area contributed by atoms with Crippen LogP contribution in [0.15, 0.2) is 82.6 Å². The summed E-state index contributed by atoms with van der Waals surface area (Å²) in [4.78, 5) is 48.1. The monoisotopic (exact) mass is 452 g/mol. The Morgan fingerprint density at radius 3 is 1.68 bits per heavy atom. The fourth-order valence-electron chi connectivity index (χ4n) is 2.48. The molecule has 0 unspecified atom stereocenters. The minimum absolute atomic E-state index is 0.0238. The van der Waals surface area contributed by atoms with Crippen molar-refractivity contribution in [3.05, 3.63) is 89.5 Å². The molecule has 3 rings (SSSR count). The van der Waals surface area contributed by atoms with Gasteiger partial charge in [-0.05, 0) is 84.6 Å². The van der Waals surface area contributed by atoms with E-state index in [0.717, 1.165) is 28.4 Å². The molecule has 0 radical (unpaired) electrons. The summed E-state index contributed by atoms with van der Waals surface area (Å²) in [5.41, 5.74) is 0.897. The van der Waals surface area contributed by atoms with Crippen LogP contribution in [-0.2, 0) is 4.79 Å². The maximum atomic E-state index is 12.4. The molecule has 6 nitrogen and oxygen atoms in total. The summed E-state index contributed by atoms with van der Waals surface area (Å²) in [6.07, 6.45) is 0. The van der Waals surface area contributed by atoms with Crippen molar-refractivity contribution in [3.63, 3.8) is 0 Å². The predicted octanol–water partition coefficient (Wildman–Crippen LogP) is 5.18. The molecule has 3 aromatic rings. The third-order valence-electron chi connectivity index (χ3n) is 3.96. The number of hydrogen-bond donors (Lipinski definition) is 1. The number of ether oxygens (including phenoxy) is 1. The van der Waals surface area contributed by atoms with Crippen LogP contribution in [0.1, 0.15) is 38.0 Å². The number of carboxylic acid groups (broad SMARTS) is 1. The molecule has 0 amide bonds. The molecule has 156 valence electrons. The Hall–Kier alpha value is -3.36.